The molecule has 2 rings (SSSR count). The van der Waals surface area contributed by atoms with Gasteiger partial charge in [-0.15, -0.1) is 0 Å². The van der Waals surface area contributed by atoms with Gasteiger partial charge in [0, 0.05) is 17.8 Å². The van der Waals surface area contributed by atoms with Crippen LogP contribution >= 0.6 is 11.8 Å². The molecule has 20 heavy (non-hydrogen) atoms. The van der Waals surface area contributed by atoms with Gasteiger partial charge in [0.05, 0.1) is 0 Å². The smallest absolute Gasteiger partial charge is 0.0233 e. The summed E-state index contributed by atoms with van der Waals surface area (Å²) in [5.74, 6) is 0. The van der Waals surface area contributed by atoms with Gasteiger partial charge in [-0.05, 0) is 50.7 Å². The maximum atomic E-state index is 3.73. The number of thioether (sulfide) groups is 1. The van der Waals surface area contributed by atoms with Crippen LogP contribution in [0.25, 0.3) is 0 Å². The molecule has 1 N–H and O–H groups in total. The number of hydrogen-bond acceptors (Lipinski definition) is 3. The van der Waals surface area contributed by atoms with Crippen LogP contribution in [0.4, 0.5) is 0 Å². The van der Waals surface area contributed by atoms with Crippen LogP contribution in [0.5, 0.6) is 0 Å². The van der Waals surface area contributed by atoms with Gasteiger partial charge in [-0.1, -0.05) is 37.3 Å². The van der Waals surface area contributed by atoms with Crippen molar-refractivity contribution in [2.45, 2.75) is 44.0 Å². The van der Waals surface area contributed by atoms with Gasteiger partial charge in [-0.25, -0.2) is 0 Å². The Morgan fingerprint density at radius 3 is 2.60 bits per heavy atom. The van der Waals surface area contributed by atoms with Crippen molar-refractivity contribution in [2.75, 3.05) is 25.9 Å². The Morgan fingerprint density at radius 2 is 1.95 bits per heavy atom. The monoisotopic (exact) mass is 292 g/mol. The summed E-state index contributed by atoms with van der Waals surface area (Å²) >= 11 is 1.96. The van der Waals surface area contributed by atoms with Gasteiger partial charge < -0.3 is 5.32 Å². The first-order valence-electron chi connectivity index (χ1n) is 7.80. The van der Waals surface area contributed by atoms with E-state index in [0.29, 0.717) is 0 Å². The Balaban J connectivity index is 1.63. The highest BCUT2D eigenvalue weighted by atomic mass is 32.2. The summed E-state index contributed by atoms with van der Waals surface area (Å²) < 4.78 is 0. The van der Waals surface area contributed by atoms with E-state index in [2.05, 4.69) is 53.7 Å². The van der Waals surface area contributed by atoms with Crippen molar-refractivity contribution in [1.29, 1.82) is 0 Å². The molecule has 0 bridgehead atoms. The van der Waals surface area contributed by atoms with Crippen LogP contribution in [-0.4, -0.2) is 42.1 Å². The largest absolute Gasteiger partial charge is 0.314 e. The Labute approximate surface area is 128 Å². The zero-order valence-electron chi connectivity index (χ0n) is 12.8. The fourth-order valence-corrected chi connectivity index (χ4v) is 3.10. The van der Waals surface area contributed by atoms with Gasteiger partial charge in [0.1, 0.15) is 0 Å². The van der Waals surface area contributed by atoms with E-state index in [1.807, 2.05) is 11.8 Å². The van der Waals surface area contributed by atoms with E-state index < -0.39 is 0 Å². The second kappa shape index (κ2) is 8.71. The minimum Gasteiger partial charge on any atom is -0.314 e. The maximum Gasteiger partial charge on any atom is 0.0233 e. The molecule has 0 spiro atoms. The quantitative estimate of drug-likeness (QED) is 0.829. The molecule has 1 fully saturated rings. The molecular weight excluding hydrogens is 264 g/mol. The maximum absolute atomic E-state index is 3.73. The van der Waals surface area contributed by atoms with Crippen LogP contribution in [0.2, 0.25) is 0 Å². The Morgan fingerprint density at radius 1 is 1.25 bits per heavy atom. The van der Waals surface area contributed by atoms with Crippen molar-refractivity contribution in [2.24, 2.45) is 0 Å². The number of rotatable bonds is 7. The molecule has 1 aliphatic rings. The topological polar surface area (TPSA) is 15.3 Å². The molecule has 1 saturated heterocycles. The highest BCUT2D eigenvalue weighted by Gasteiger charge is 2.18. The lowest BCUT2D eigenvalue weighted by Crippen LogP contribution is -2.42. The second-order valence-electron chi connectivity index (χ2n) is 5.83. The molecule has 1 unspecified atom stereocenters. The lowest BCUT2D eigenvalue weighted by molar-refractivity contribution is 0.190. The molecule has 1 aromatic carbocycles. The first-order valence-corrected chi connectivity index (χ1v) is 9.09. The Kier molecular flexibility index (Phi) is 6.91. The molecule has 0 radical (unpaired) electrons. The standard InChI is InChI=1S/C17H28N2S/c1-15(20-2)8-11-18-17-9-12-19(13-10-17)14-16-6-4-3-5-7-16/h3-7,15,17-18H,8-14H2,1-2H3. The van der Waals surface area contributed by atoms with Crippen LogP contribution in [0.1, 0.15) is 31.7 Å². The summed E-state index contributed by atoms with van der Waals surface area (Å²) in [6.45, 7) is 7.05. The summed E-state index contributed by atoms with van der Waals surface area (Å²) in [6.07, 6.45) is 6.07. The molecule has 1 heterocycles. The number of nitrogens with zero attached hydrogens (tertiary/aromatic N) is 1. The van der Waals surface area contributed by atoms with Crippen molar-refractivity contribution >= 4 is 11.8 Å². The molecule has 2 nitrogen and oxygen atoms in total. The molecule has 0 aliphatic carbocycles. The summed E-state index contributed by atoms with van der Waals surface area (Å²) in [5, 5.41) is 4.51. The molecule has 3 heteroatoms. The fraction of sp³-hybridized carbons (Fsp3) is 0.647. The Hall–Kier alpha value is -0.510. The molecule has 1 aliphatic heterocycles. The fourth-order valence-electron chi connectivity index (χ4n) is 2.75. The zero-order valence-corrected chi connectivity index (χ0v) is 13.7. The van der Waals surface area contributed by atoms with Crippen molar-refractivity contribution < 1.29 is 0 Å². The zero-order chi connectivity index (χ0) is 14.2. The average Bonchev–Trinajstić information content (AvgIpc) is 2.50. The van der Waals surface area contributed by atoms with Crippen molar-refractivity contribution in [1.82, 2.24) is 10.2 Å². The molecule has 0 saturated carbocycles. The third-order valence-corrected chi connectivity index (χ3v) is 5.26. The Bertz CT molecular complexity index is 361. The van der Waals surface area contributed by atoms with Gasteiger partial charge in [0.15, 0.2) is 0 Å². The van der Waals surface area contributed by atoms with Crippen LogP contribution < -0.4 is 5.32 Å². The number of likely N-dealkylation sites (tertiary alicyclic amines) is 1. The van der Waals surface area contributed by atoms with E-state index in [0.717, 1.165) is 17.8 Å². The lowest BCUT2D eigenvalue weighted by atomic mass is 10.0. The van der Waals surface area contributed by atoms with Gasteiger partial charge in [0.25, 0.3) is 0 Å². The minimum atomic E-state index is 0.732. The van der Waals surface area contributed by atoms with E-state index in [-0.39, 0.29) is 0 Å². The minimum absolute atomic E-state index is 0.732. The summed E-state index contributed by atoms with van der Waals surface area (Å²) in [5.41, 5.74) is 1.44. The second-order valence-corrected chi connectivity index (χ2v) is 7.10. The lowest BCUT2D eigenvalue weighted by Gasteiger charge is -2.32. The predicted octanol–water partition coefficient (Wildman–Crippen LogP) is 3.38. The van der Waals surface area contributed by atoms with E-state index in [1.54, 1.807) is 0 Å². The number of hydrogen-bond donors (Lipinski definition) is 1. The van der Waals surface area contributed by atoms with E-state index in [9.17, 15) is 0 Å². The number of nitrogens with one attached hydrogen (secondary N) is 1. The number of benzene rings is 1. The molecular formula is C17H28N2S. The molecule has 112 valence electrons. The van der Waals surface area contributed by atoms with Crippen LogP contribution in [0.3, 0.4) is 0 Å². The van der Waals surface area contributed by atoms with Crippen LogP contribution in [0.15, 0.2) is 30.3 Å². The number of piperidine rings is 1. The summed E-state index contributed by atoms with van der Waals surface area (Å²) in [7, 11) is 0. The first kappa shape index (κ1) is 15.9. The first-order chi connectivity index (χ1) is 9.78. The van der Waals surface area contributed by atoms with Crippen LogP contribution in [0, 0.1) is 0 Å². The molecule has 1 atom stereocenters. The van der Waals surface area contributed by atoms with Crippen molar-refractivity contribution in [3.8, 4) is 0 Å². The summed E-state index contributed by atoms with van der Waals surface area (Å²) in [4.78, 5) is 2.58. The third kappa shape index (κ3) is 5.47. The van der Waals surface area contributed by atoms with Gasteiger partial charge in [-0.3, -0.25) is 4.90 Å². The van der Waals surface area contributed by atoms with Crippen LogP contribution in [-0.2, 0) is 6.54 Å². The van der Waals surface area contributed by atoms with Gasteiger partial charge in [0.2, 0.25) is 0 Å². The highest BCUT2D eigenvalue weighted by molar-refractivity contribution is 7.99. The normalized spacial score (nSPS) is 19.1. The molecule has 1 aromatic rings. The van der Waals surface area contributed by atoms with Crippen molar-refractivity contribution in [3.05, 3.63) is 35.9 Å². The summed E-state index contributed by atoms with van der Waals surface area (Å²) in [6, 6.07) is 11.6. The SMILES string of the molecule is CSC(C)CCNC1CCN(Cc2ccccc2)CC1. The highest BCUT2D eigenvalue weighted by Crippen LogP contribution is 2.14. The van der Waals surface area contributed by atoms with E-state index >= 15 is 0 Å². The van der Waals surface area contributed by atoms with E-state index in [4.69, 9.17) is 0 Å². The van der Waals surface area contributed by atoms with Crippen molar-refractivity contribution in [3.63, 3.8) is 0 Å². The third-order valence-electron chi connectivity index (χ3n) is 4.22. The predicted molar refractivity (Wildman–Crippen MR) is 90.3 cm³/mol. The molecule has 0 amide bonds. The average molecular weight is 292 g/mol. The molecule has 0 aromatic heterocycles. The van der Waals surface area contributed by atoms with Gasteiger partial charge >= 0.3 is 0 Å². The van der Waals surface area contributed by atoms with Gasteiger partial charge in [-0.2, -0.15) is 11.8 Å². The van der Waals surface area contributed by atoms with E-state index in [1.165, 1.54) is 44.5 Å².